The quantitative estimate of drug-likeness (QED) is 0.925. The van der Waals surface area contributed by atoms with Crippen LogP contribution in [0.4, 0.5) is 4.39 Å². The molecular formula is C16H21ClFNO. The summed E-state index contributed by atoms with van der Waals surface area (Å²) in [6.07, 6.45) is 1.05. The van der Waals surface area contributed by atoms with Crippen molar-refractivity contribution in [3.05, 3.63) is 34.6 Å². The highest BCUT2D eigenvalue weighted by molar-refractivity contribution is 6.30. The highest BCUT2D eigenvalue weighted by Crippen LogP contribution is 2.62. The molecule has 1 saturated heterocycles. The molecule has 1 saturated carbocycles. The van der Waals surface area contributed by atoms with Gasteiger partial charge in [0.1, 0.15) is 5.82 Å². The van der Waals surface area contributed by atoms with Gasteiger partial charge in [-0.3, -0.25) is 4.90 Å². The summed E-state index contributed by atoms with van der Waals surface area (Å²) in [5, 5.41) is 9.92. The Morgan fingerprint density at radius 3 is 2.80 bits per heavy atom. The monoisotopic (exact) mass is 297 g/mol. The Morgan fingerprint density at radius 2 is 2.20 bits per heavy atom. The molecule has 0 aromatic heterocycles. The van der Waals surface area contributed by atoms with E-state index in [1.165, 1.54) is 0 Å². The zero-order valence-corrected chi connectivity index (χ0v) is 12.8. The van der Waals surface area contributed by atoms with Crippen molar-refractivity contribution >= 4 is 11.6 Å². The average Bonchev–Trinajstić information content (AvgIpc) is 2.70. The largest absolute Gasteiger partial charge is 0.396 e. The molecule has 1 heterocycles. The van der Waals surface area contributed by atoms with Crippen LogP contribution in [0, 0.1) is 22.6 Å². The molecule has 0 unspecified atom stereocenters. The summed E-state index contributed by atoms with van der Waals surface area (Å²) in [5.74, 6) is 0.188. The smallest absolute Gasteiger partial charge is 0.146 e. The van der Waals surface area contributed by atoms with Crippen LogP contribution in [-0.2, 0) is 6.54 Å². The Balaban J connectivity index is 1.76. The number of hydrogen-bond donors (Lipinski definition) is 1. The second-order valence-electron chi connectivity index (χ2n) is 7.12. The summed E-state index contributed by atoms with van der Waals surface area (Å²) >= 11 is 5.84. The van der Waals surface area contributed by atoms with Crippen LogP contribution < -0.4 is 0 Å². The lowest BCUT2D eigenvalue weighted by molar-refractivity contribution is -0.0977. The van der Waals surface area contributed by atoms with E-state index < -0.39 is 0 Å². The minimum atomic E-state index is -0.314. The number of nitrogens with zero attached hydrogens (tertiary/aromatic N) is 1. The first-order chi connectivity index (χ1) is 9.38. The van der Waals surface area contributed by atoms with E-state index >= 15 is 0 Å². The Hall–Kier alpha value is -0.640. The van der Waals surface area contributed by atoms with Gasteiger partial charge in [-0.1, -0.05) is 37.6 Å². The Labute approximate surface area is 124 Å². The Kier molecular flexibility index (Phi) is 3.35. The van der Waals surface area contributed by atoms with Crippen LogP contribution in [0.2, 0.25) is 5.02 Å². The van der Waals surface area contributed by atoms with Gasteiger partial charge in [0.15, 0.2) is 0 Å². The van der Waals surface area contributed by atoms with Gasteiger partial charge in [0.2, 0.25) is 0 Å². The summed E-state index contributed by atoms with van der Waals surface area (Å²) in [5.41, 5.74) is 0.952. The molecule has 0 amide bonds. The van der Waals surface area contributed by atoms with Crippen LogP contribution in [0.25, 0.3) is 0 Å². The fourth-order valence-corrected chi connectivity index (χ4v) is 4.67. The highest BCUT2D eigenvalue weighted by Gasteiger charge is 2.62. The molecule has 2 atom stereocenters. The van der Waals surface area contributed by atoms with E-state index in [-0.39, 0.29) is 28.3 Å². The van der Waals surface area contributed by atoms with Gasteiger partial charge >= 0.3 is 0 Å². The standard InChI is InChI=1S/C16H21ClFNO/c1-15(2)8-16(10-20)9-19(7-13(15)16)6-11-4-3-5-12(17)14(11)18/h3-5,13,20H,6-10H2,1-2H3/t13-,16-/m1/s1. The molecule has 20 heavy (non-hydrogen) atoms. The number of aliphatic hydroxyl groups is 1. The summed E-state index contributed by atoms with van der Waals surface area (Å²) in [6, 6.07) is 5.15. The number of hydrogen-bond acceptors (Lipinski definition) is 2. The Morgan fingerprint density at radius 1 is 1.45 bits per heavy atom. The third-order valence-corrected chi connectivity index (χ3v) is 5.50. The van der Waals surface area contributed by atoms with Gasteiger partial charge in [-0.25, -0.2) is 4.39 Å². The third kappa shape index (κ3) is 2.07. The first-order valence-corrected chi connectivity index (χ1v) is 7.52. The fraction of sp³-hybridized carbons (Fsp3) is 0.625. The van der Waals surface area contributed by atoms with Crippen molar-refractivity contribution in [3.8, 4) is 0 Å². The van der Waals surface area contributed by atoms with Crippen LogP contribution in [0.5, 0.6) is 0 Å². The zero-order valence-electron chi connectivity index (χ0n) is 12.0. The molecule has 1 aromatic rings. The predicted octanol–water partition coefficient (Wildman–Crippen LogP) is 3.32. The minimum absolute atomic E-state index is 0.0263. The van der Waals surface area contributed by atoms with Crippen molar-refractivity contribution in [1.29, 1.82) is 0 Å². The summed E-state index contributed by atoms with van der Waals surface area (Å²) in [6.45, 7) is 7.10. The number of likely N-dealkylation sites (tertiary alicyclic amines) is 1. The number of benzene rings is 1. The van der Waals surface area contributed by atoms with Crippen molar-refractivity contribution in [2.45, 2.75) is 26.8 Å². The molecule has 1 aromatic carbocycles. The van der Waals surface area contributed by atoms with Crippen molar-refractivity contribution in [2.24, 2.45) is 16.7 Å². The fourth-order valence-electron chi connectivity index (χ4n) is 4.47. The van der Waals surface area contributed by atoms with Crippen molar-refractivity contribution in [1.82, 2.24) is 4.90 Å². The van der Waals surface area contributed by atoms with Gasteiger partial charge in [0.05, 0.1) is 11.6 Å². The minimum Gasteiger partial charge on any atom is -0.396 e. The second-order valence-corrected chi connectivity index (χ2v) is 7.53. The maximum Gasteiger partial charge on any atom is 0.146 e. The van der Waals surface area contributed by atoms with Gasteiger partial charge in [0, 0.05) is 30.6 Å². The number of aliphatic hydroxyl groups excluding tert-OH is 1. The summed E-state index contributed by atoms with van der Waals surface area (Å²) in [7, 11) is 0. The molecule has 4 heteroatoms. The SMILES string of the molecule is CC1(C)C[C@]2(CO)CN(Cc3cccc(Cl)c3F)C[C@H]12. The summed E-state index contributed by atoms with van der Waals surface area (Å²) in [4.78, 5) is 2.25. The van der Waals surface area contributed by atoms with Crippen LogP contribution in [0.1, 0.15) is 25.8 Å². The van der Waals surface area contributed by atoms with Crippen molar-refractivity contribution in [2.75, 3.05) is 19.7 Å². The number of fused-ring (bicyclic) bond motifs is 1. The Bertz CT molecular complexity index is 533. The lowest BCUT2D eigenvalue weighted by atomic mass is 9.48. The van der Waals surface area contributed by atoms with E-state index in [9.17, 15) is 9.50 Å². The molecular weight excluding hydrogens is 277 g/mol. The molecule has 2 fully saturated rings. The predicted molar refractivity (Wildman–Crippen MR) is 78.1 cm³/mol. The molecule has 3 rings (SSSR count). The van der Waals surface area contributed by atoms with Crippen LogP contribution in [0.3, 0.4) is 0 Å². The highest BCUT2D eigenvalue weighted by atomic mass is 35.5. The molecule has 0 bridgehead atoms. The lowest BCUT2D eigenvalue weighted by Gasteiger charge is -2.56. The first-order valence-electron chi connectivity index (χ1n) is 7.14. The van der Waals surface area contributed by atoms with E-state index in [0.29, 0.717) is 18.0 Å². The van der Waals surface area contributed by atoms with Gasteiger partial charge in [-0.15, -0.1) is 0 Å². The molecule has 1 aliphatic heterocycles. The molecule has 1 aliphatic carbocycles. The number of halogens is 2. The lowest BCUT2D eigenvalue weighted by Crippen LogP contribution is -2.54. The van der Waals surface area contributed by atoms with Gasteiger partial charge in [-0.2, -0.15) is 0 Å². The molecule has 2 nitrogen and oxygen atoms in total. The summed E-state index contributed by atoms with van der Waals surface area (Å²) < 4.78 is 14.0. The molecule has 0 radical (unpaired) electrons. The molecule has 0 spiro atoms. The van der Waals surface area contributed by atoms with Gasteiger partial charge in [0.25, 0.3) is 0 Å². The number of rotatable bonds is 3. The van der Waals surface area contributed by atoms with Crippen molar-refractivity contribution < 1.29 is 9.50 Å². The van der Waals surface area contributed by atoms with Crippen molar-refractivity contribution in [3.63, 3.8) is 0 Å². The third-order valence-electron chi connectivity index (χ3n) is 5.21. The average molecular weight is 298 g/mol. The molecule has 110 valence electrons. The molecule has 2 aliphatic rings. The van der Waals surface area contributed by atoms with Crippen LogP contribution in [-0.4, -0.2) is 29.7 Å². The van der Waals surface area contributed by atoms with E-state index in [1.54, 1.807) is 18.2 Å². The maximum absolute atomic E-state index is 14.0. The van der Waals surface area contributed by atoms with E-state index in [1.807, 2.05) is 0 Å². The normalized spacial score (nSPS) is 31.9. The van der Waals surface area contributed by atoms with Crippen LogP contribution >= 0.6 is 11.6 Å². The van der Waals surface area contributed by atoms with E-state index in [2.05, 4.69) is 18.7 Å². The van der Waals surface area contributed by atoms with Gasteiger partial charge in [-0.05, 0) is 23.8 Å². The molecule has 1 N–H and O–H groups in total. The first kappa shape index (κ1) is 14.3. The zero-order chi connectivity index (χ0) is 14.5. The van der Waals surface area contributed by atoms with E-state index in [0.717, 1.165) is 19.5 Å². The topological polar surface area (TPSA) is 23.5 Å². The van der Waals surface area contributed by atoms with Gasteiger partial charge < -0.3 is 5.11 Å². The van der Waals surface area contributed by atoms with E-state index in [4.69, 9.17) is 11.6 Å². The van der Waals surface area contributed by atoms with Crippen LogP contribution in [0.15, 0.2) is 18.2 Å². The maximum atomic E-state index is 14.0. The second kappa shape index (κ2) is 4.69.